The monoisotopic (exact) mass is 267 g/mol. The number of halogens is 1. The summed E-state index contributed by atoms with van der Waals surface area (Å²) in [6.45, 7) is 3.83. The van der Waals surface area contributed by atoms with Crippen molar-refractivity contribution in [2.75, 3.05) is 26.2 Å². The molecule has 0 spiro atoms. The highest BCUT2D eigenvalue weighted by Crippen LogP contribution is 2.20. The third kappa shape index (κ3) is 2.39. The fraction of sp³-hybridized carbons (Fsp3) is 0.545. The van der Waals surface area contributed by atoms with Crippen LogP contribution in [0.4, 0.5) is 0 Å². The first-order valence-electron chi connectivity index (χ1n) is 6.05. The molecular weight excluding hydrogens is 254 g/mol. The number of hydrogen-bond donors (Lipinski definition) is 1. The van der Waals surface area contributed by atoms with Gasteiger partial charge in [0.1, 0.15) is 12.1 Å². The molecule has 0 atom stereocenters. The molecule has 1 aliphatic heterocycles. The van der Waals surface area contributed by atoms with Crippen LogP contribution in [0, 0.1) is 0 Å². The molecule has 3 heterocycles. The first kappa shape index (κ1) is 11.7. The average Bonchev–Trinajstić information content (AvgIpc) is 2.98. The highest BCUT2D eigenvalue weighted by Gasteiger charge is 2.13. The number of fused-ring (bicyclic) bond motifs is 1. The Labute approximate surface area is 109 Å². The first-order chi connectivity index (χ1) is 8.83. The van der Waals surface area contributed by atoms with E-state index in [1.807, 2.05) is 0 Å². The minimum atomic E-state index is 0.158. The molecule has 0 aliphatic carbocycles. The number of rotatable bonds is 4. The normalized spacial score (nSPS) is 16.5. The van der Waals surface area contributed by atoms with E-state index in [1.165, 1.54) is 12.8 Å². The Hall–Kier alpha value is -1.40. The molecule has 0 bridgehead atoms. The van der Waals surface area contributed by atoms with Crippen molar-refractivity contribution in [3.63, 3.8) is 0 Å². The van der Waals surface area contributed by atoms with E-state index in [4.69, 9.17) is 16.3 Å². The number of hydrogen-bond acceptors (Lipinski definition) is 5. The third-order valence-electron chi connectivity index (χ3n) is 3.07. The van der Waals surface area contributed by atoms with Gasteiger partial charge >= 0.3 is 0 Å². The lowest BCUT2D eigenvalue weighted by Crippen LogP contribution is -2.25. The van der Waals surface area contributed by atoms with Crippen LogP contribution in [0.1, 0.15) is 12.8 Å². The van der Waals surface area contributed by atoms with Crippen molar-refractivity contribution in [3.05, 3.63) is 11.6 Å². The standard InChI is InChI=1S/C11H14ClN5O/c12-11-15-9-8(13-7-14-9)10(16-11)18-6-5-17-3-1-2-4-17/h7H,1-6H2,(H,13,14,15,16). The van der Waals surface area contributed by atoms with Gasteiger partial charge < -0.3 is 9.72 Å². The van der Waals surface area contributed by atoms with Crippen LogP contribution in [0.15, 0.2) is 6.33 Å². The van der Waals surface area contributed by atoms with Gasteiger partial charge in [-0.15, -0.1) is 0 Å². The molecule has 1 N–H and O–H groups in total. The van der Waals surface area contributed by atoms with Crippen molar-refractivity contribution in [1.82, 2.24) is 24.8 Å². The molecule has 3 rings (SSSR count). The SMILES string of the molecule is Clc1nc(OCCN2CCCC2)c2[nH]cnc2n1. The van der Waals surface area contributed by atoms with Crippen molar-refractivity contribution in [2.24, 2.45) is 0 Å². The number of H-pyrrole nitrogens is 1. The summed E-state index contributed by atoms with van der Waals surface area (Å²) in [4.78, 5) is 17.5. The number of aromatic nitrogens is 4. The molecule has 1 saturated heterocycles. The Morgan fingerprint density at radius 1 is 1.33 bits per heavy atom. The Bertz CT molecular complexity index is 537. The van der Waals surface area contributed by atoms with E-state index < -0.39 is 0 Å². The topological polar surface area (TPSA) is 66.9 Å². The highest BCUT2D eigenvalue weighted by molar-refractivity contribution is 6.28. The summed E-state index contributed by atoms with van der Waals surface area (Å²) in [6.07, 6.45) is 4.12. The van der Waals surface area contributed by atoms with Gasteiger partial charge in [-0.3, -0.25) is 4.90 Å². The quantitative estimate of drug-likeness (QED) is 0.850. The summed E-state index contributed by atoms with van der Waals surface area (Å²) in [5.74, 6) is 0.474. The molecule has 0 amide bonds. The number of aromatic amines is 1. The van der Waals surface area contributed by atoms with Crippen molar-refractivity contribution < 1.29 is 4.74 Å². The molecule has 2 aromatic rings. The van der Waals surface area contributed by atoms with Gasteiger partial charge in [0.05, 0.1) is 6.33 Å². The van der Waals surface area contributed by atoms with Crippen molar-refractivity contribution >= 4 is 22.8 Å². The fourth-order valence-electron chi connectivity index (χ4n) is 2.16. The smallest absolute Gasteiger partial charge is 0.244 e. The van der Waals surface area contributed by atoms with E-state index in [0.29, 0.717) is 23.7 Å². The molecule has 18 heavy (non-hydrogen) atoms. The van der Waals surface area contributed by atoms with E-state index >= 15 is 0 Å². The number of nitrogens with one attached hydrogen (secondary N) is 1. The Balaban J connectivity index is 1.67. The number of nitrogens with zero attached hydrogens (tertiary/aromatic N) is 4. The summed E-state index contributed by atoms with van der Waals surface area (Å²) in [5.41, 5.74) is 1.23. The van der Waals surface area contributed by atoms with Gasteiger partial charge in [-0.2, -0.15) is 9.97 Å². The van der Waals surface area contributed by atoms with Gasteiger partial charge in [0.2, 0.25) is 11.2 Å². The predicted octanol–water partition coefficient (Wildman–Crippen LogP) is 1.48. The van der Waals surface area contributed by atoms with Gasteiger partial charge in [0.25, 0.3) is 0 Å². The maximum atomic E-state index is 5.82. The van der Waals surface area contributed by atoms with Crippen molar-refractivity contribution in [1.29, 1.82) is 0 Å². The molecule has 2 aromatic heterocycles. The van der Waals surface area contributed by atoms with Crippen molar-refractivity contribution in [2.45, 2.75) is 12.8 Å². The number of ether oxygens (including phenoxy) is 1. The van der Waals surface area contributed by atoms with Gasteiger partial charge in [-0.05, 0) is 37.5 Å². The maximum Gasteiger partial charge on any atom is 0.244 e. The largest absolute Gasteiger partial charge is 0.475 e. The van der Waals surface area contributed by atoms with E-state index in [1.54, 1.807) is 6.33 Å². The average molecular weight is 268 g/mol. The van der Waals surface area contributed by atoms with Crippen LogP contribution in [0.3, 0.4) is 0 Å². The maximum absolute atomic E-state index is 5.82. The molecule has 1 aliphatic rings. The minimum Gasteiger partial charge on any atom is -0.475 e. The predicted molar refractivity (Wildman–Crippen MR) is 67.9 cm³/mol. The van der Waals surface area contributed by atoms with Gasteiger partial charge in [0.15, 0.2) is 5.65 Å². The van der Waals surface area contributed by atoms with E-state index in [2.05, 4.69) is 24.8 Å². The molecule has 7 heteroatoms. The second-order valence-corrected chi connectivity index (χ2v) is 4.63. The minimum absolute atomic E-state index is 0.158. The Morgan fingerprint density at radius 2 is 2.17 bits per heavy atom. The zero-order chi connectivity index (χ0) is 12.4. The van der Waals surface area contributed by atoms with Crippen LogP contribution < -0.4 is 4.74 Å². The van der Waals surface area contributed by atoms with E-state index in [0.717, 1.165) is 19.6 Å². The van der Waals surface area contributed by atoms with E-state index in [-0.39, 0.29) is 5.28 Å². The van der Waals surface area contributed by atoms with Gasteiger partial charge in [-0.1, -0.05) is 0 Å². The summed E-state index contributed by atoms with van der Waals surface area (Å²) in [5, 5.41) is 0.158. The highest BCUT2D eigenvalue weighted by atomic mass is 35.5. The summed E-state index contributed by atoms with van der Waals surface area (Å²) < 4.78 is 5.67. The zero-order valence-electron chi connectivity index (χ0n) is 9.90. The molecule has 0 saturated carbocycles. The van der Waals surface area contributed by atoms with Crippen LogP contribution in [-0.4, -0.2) is 51.1 Å². The molecule has 0 aromatic carbocycles. The Kier molecular flexibility index (Phi) is 3.29. The summed E-state index contributed by atoms with van der Waals surface area (Å²) in [7, 11) is 0. The second-order valence-electron chi connectivity index (χ2n) is 4.30. The number of likely N-dealkylation sites (tertiary alicyclic amines) is 1. The fourth-order valence-corrected chi connectivity index (χ4v) is 2.32. The molecule has 0 radical (unpaired) electrons. The first-order valence-corrected chi connectivity index (χ1v) is 6.42. The molecule has 6 nitrogen and oxygen atoms in total. The summed E-state index contributed by atoms with van der Waals surface area (Å²) in [6, 6.07) is 0. The summed E-state index contributed by atoms with van der Waals surface area (Å²) >= 11 is 5.82. The molecule has 0 unspecified atom stereocenters. The number of imidazole rings is 1. The molecule has 1 fully saturated rings. The Morgan fingerprint density at radius 3 is 3.00 bits per heavy atom. The van der Waals surface area contributed by atoms with Crippen LogP contribution >= 0.6 is 11.6 Å². The molecular formula is C11H14ClN5O. The van der Waals surface area contributed by atoms with Crippen LogP contribution in [0.25, 0.3) is 11.2 Å². The van der Waals surface area contributed by atoms with Crippen LogP contribution in [0.2, 0.25) is 5.28 Å². The lowest BCUT2D eigenvalue weighted by atomic mass is 10.4. The van der Waals surface area contributed by atoms with Crippen LogP contribution in [-0.2, 0) is 0 Å². The third-order valence-corrected chi connectivity index (χ3v) is 3.24. The van der Waals surface area contributed by atoms with Gasteiger partial charge in [0, 0.05) is 6.54 Å². The zero-order valence-corrected chi connectivity index (χ0v) is 10.7. The lowest BCUT2D eigenvalue weighted by molar-refractivity contribution is 0.233. The van der Waals surface area contributed by atoms with E-state index in [9.17, 15) is 0 Å². The lowest BCUT2D eigenvalue weighted by Gasteiger charge is -2.14. The van der Waals surface area contributed by atoms with Gasteiger partial charge in [-0.25, -0.2) is 4.98 Å². The van der Waals surface area contributed by atoms with Crippen LogP contribution in [0.5, 0.6) is 5.88 Å². The molecule has 96 valence electrons. The van der Waals surface area contributed by atoms with Crippen molar-refractivity contribution in [3.8, 4) is 5.88 Å². The second kappa shape index (κ2) is 5.07.